The lowest BCUT2D eigenvalue weighted by Crippen LogP contribution is -2.58. The van der Waals surface area contributed by atoms with Gasteiger partial charge in [-0.15, -0.1) is 0 Å². The van der Waals surface area contributed by atoms with E-state index in [0.717, 1.165) is 11.8 Å². The molecular weight excluding hydrogens is 426 g/mol. The Labute approximate surface area is 181 Å². The summed E-state index contributed by atoms with van der Waals surface area (Å²) in [4.78, 5) is 39.4. The van der Waals surface area contributed by atoms with Gasteiger partial charge in [-0.05, 0) is 25.3 Å². The number of nitrogens with zero attached hydrogens (tertiary/aromatic N) is 2. The molecular formula is C20H27N3O7S. The number of amides is 2. The van der Waals surface area contributed by atoms with Gasteiger partial charge in [0.25, 0.3) is 5.91 Å². The molecule has 0 aromatic heterocycles. The Morgan fingerprint density at radius 1 is 1.19 bits per heavy atom. The van der Waals surface area contributed by atoms with E-state index in [9.17, 15) is 22.8 Å². The average Bonchev–Trinajstić information content (AvgIpc) is 2.90. The van der Waals surface area contributed by atoms with E-state index >= 15 is 0 Å². The topological polar surface area (TPSA) is 136 Å². The number of primary amides is 1. The molecule has 0 saturated carbocycles. The van der Waals surface area contributed by atoms with Crippen LogP contribution in [0.1, 0.15) is 25.3 Å². The Bertz CT molecular complexity index is 943. The summed E-state index contributed by atoms with van der Waals surface area (Å²) in [5, 5.41) is 0. The molecule has 2 N–H and O–H groups in total. The second-order valence-corrected chi connectivity index (χ2v) is 9.75. The van der Waals surface area contributed by atoms with E-state index in [-0.39, 0.29) is 39.1 Å². The van der Waals surface area contributed by atoms with Crippen molar-refractivity contribution in [1.29, 1.82) is 0 Å². The first-order valence-electron chi connectivity index (χ1n) is 10.0. The van der Waals surface area contributed by atoms with Crippen LogP contribution in [0, 0.1) is 5.92 Å². The van der Waals surface area contributed by atoms with Crippen LogP contribution in [0.4, 0.5) is 4.79 Å². The van der Waals surface area contributed by atoms with Crippen molar-refractivity contribution in [3.8, 4) is 0 Å². The molecule has 0 aliphatic carbocycles. The van der Waals surface area contributed by atoms with Crippen molar-refractivity contribution in [2.75, 3.05) is 26.0 Å². The van der Waals surface area contributed by atoms with E-state index < -0.39 is 45.6 Å². The van der Waals surface area contributed by atoms with Gasteiger partial charge in [0.1, 0.15) is 5.92 Å². The molecule has 2 fully saturated rings. The first kappa shape index (κ1) is 23.0. The number of piperidine rings is 1. The van der Waals surface area contributed by atoms with E-state index in [1.807, 2.05) is 30.3 Å². The number of likely N-dealkylation sites (tertiary alicyclic amines) is 1. The highest BCUT2D eigenvalue weighted by atomic mass is 32.2. The van der Waals surface area contributed by atoms with E-state index in [1.165, 1.54) is 9.21 Å². The fourth-order valence-electron chi connectivity index (χ4n) is 4.57. The molecule has 0 unspecified atom stereocenters. The van der Waals surface area contributed by atoms with Crippen molar-refractivity contribution < 1.29 is 32.3 Å². The standard InChI is InChI=1S/C20H27N3O7S/c1-3-29-18(25)15-16(30-19(21)26)17(24)23(13-14-7-5-4-6-8-14)20(15)9-11-22(12-10-20)31(2,27)28/h4-8,15-16H,3,9-13H2,1-2H3,(H2,21,26)/t15-,16+/m0/s1. The maximum Gasteiger partial charge on any atom is 0.405 e. The SMILES string of the molecule is CCOC(=O)[C@@H]1[C@@H](OC(N)=O)C(=O)N(Cc2ccccc2)C12CCN(S(C)(=O)=O)CC2. The molecule has 2 aliphatic rings. The number of benzene rings is 1. The van der Waals surface area contributed by atoms with Crippen LogP contribution >= 0.6 is 0 Å². The van der Waals surface area contributed by atoms with Gasteiger partial charge in [0.2, 0.25) is 10.0 Å². The van der Waals surface area contributed by atoms with E-state index in [0.29, 0.717) is 0 Å². The predicted octanol–water partition coefficient (Wildman–Crippen LogP) is 0.466. The summed E-state index contributed by atoms with van der Waals surface area (Å²) in [6.45, 7) is 2.14. The van der Waals surface area contributed by atoms with Crippen LogP contribution < -0.4 is 5.73 Å². The summed E-state index contributed by atoms with van der Waals surface area (Å²) in [7, 11) is -3.43. The van der Waals surface area contributed by atoms with Crippen molar-refractivity contribution in [3.63, 3.8) is 0 Å². The Balaban J connectivity index is 2.05. The summed E-state index contributed by atoms with van der Waals surface area (Å²) in [6, 6.07) is 9.18. The van der Waals surface area contributed by atoms with Crippen LogP contribution in [0.25, 0.3) is 0 Å². The van der Waals surface area contributed by atoms with Crippen molar-refractivity contribution in [1.82, 2.24) is 9.21 Å². The largest absolute Gasteiger partial charge is 0.466 e. The zero-order chi connectivity index (χ0) is 22.8. The van der Waals surface area contributed by atoms with Crippen LogP contribution in [0.2, 0.25) is 0 Å². The molecule has 31 heavy (non-hydrogen) atoms. The number of carbonyl (C=O) groups is 3. The average molecular weight is 454 g/mol. The number of hydrogen-bond donors (Lipinski definition) is 1. The van der Waals surface area contributed by atoms with Crippen LogP contribution in [0.5, 0.6) is 0 Å². The first-order valence-corrected chi connectivity index (χ1v) is 11.9. The Hall–Kier alpha value is -2.66. The Morgan fingerprint density at radius 2 is 1.81 bits per heavy atom. The van der Waals surface area contributed by atoms with Crippen LogP contribution in [-0.2, 0) is 35.6 Å². The van der Waals surface area contributed by atoms with Crippen molar-refractivity contribution >= 4 is 28.0 Å². The van der Waals surface area contributed by atoms with Gasteiger partial charge in [0.15, 0.2) is 6.10 Å². The zero-order valence-electron chi connectivity index (χ0n) is 17.5. The Morgan fingerprint density at radius 3 is 2.32 bits per heavy atom. The summed E-state index contributed by atoms with van der Waals surface area (Å²) < 4.78 is 35.7. The fourth-order valence-corrected chi connectivity index (χ4v) is 5.42. The van der Waals surface area contributed by atoms with Gasteiger partial charge in [-0.1, -0.05) is 30.3 Å². The minimum absolute atomic E-state index is 0.0804. The molecule has 1 aromatic rings. The van der Waals surface area contributed by atoms with Crippen LogP contribution in [0.15, 0.2) is 30.3 Å². The predicted molar refractivity (Wildman–Crippen MR) is 110 cm³/mol. The Kier molecular flexibility index (Phi) is 6.56. The van der Waals surface area contributed by atoms with Crippen molar-refractivity contribution in [2.24, 2.45) is 11.7 Å². The first-order chi connectivity index (χ1) is 14.6. The number of sulfonamides is 1. The molecule has 0 bridgehead atoms. The highest BCUT2D eigenvalue weighted by Crippen LogP contribution is 2.46. The van der Waals surface area contributed by atoms with Crippen molar-refractivity contribution in [3.05, 3.63) is 35.9 Å². The number of rotatable bonds is 6. The van der Waals surface area contributed by atoms with Crippen LogP contribution in [-0.4, -0.2) is 73.2 Å². The van der Waals surface area contributed by atoms with Gasteiger partial charge in [0.05, 0.1) is 18.4 Å². The summed E-state index contributed by atoms with van der Waals surface area (Å²) in [6.07, 6.45) is -1.08. The second-order valence-electron chi connectivity index (χ2n) is 7.76. The number of ether oxygens (including phenoxy) is 2. The number of carbonyl (C=O) groups excluding carboxylic acids is 3. The van der Waals surface area contributed by atoms with Crippen molar-refractivity contribution in [2.45, 2.75) is 38.0 Å². The quantitative estimate of drug-likeness (QED) is 0.618. The third-order valence-electron chi connectivity index (χ3n) is 5.95. The van der Waals surface area contributed by atoms with E-state index in [2.05, 4.69) is 0 Å². The normalized spacial score (nSPS) is 23.7. The lowest BCUT2D eigenvalue weighted by molar-refractivity contribution is -0.156. The molecule has 170 valence electrons. The maximum absolute atomic E-state index is 13.4. The fraction of sp³-hybridized carbons (Fsp3) is 0.550. The molecule has 2 saturated heterocycles. The zero-order valence-corrected chi connectivity index (χ0v) is 18.3. The molecule has 2 amide bonds. The minimum atomic E-state index is -3.43. The lowest BCUT2D eigenvalue weighted by Gasteiger charge is -2.46. The van der Waals surface area contributed by atoms with Gasteiger partial charge in [-0.3, -0.25) is 9.59 Å². The summed E-state index contributed by atoms with van der Waals surface area (Å²) in [5.41, 5.74) is 4.95. The van der Waals surface area contributed by atoms with E-state index in [4.69, 9.17) is 15.2 Å². The number of esters is 1. The van der Waals surface area contributed by atoms with Gasteiger partial charge in [-0.2, -0.15) is 0 Å². The molecule has 11 heteroatoms. The summed E-state index contributed by atoms with van der Waals surface area (Å²) in [5.74, 6) is -2.34. The van der Waals surface area contributed by atoms with Gasteiger partial charge in [-0.25, -0.2) is 17.5 Å². The number of hydrogen-bond acceptors (Lipinski definition) is 7. The van der Waals surface area contributed by atoms with Crippen LogP contribution in [0.3, 0.4) is 0 Å². The third-order valence-corrected chi connectivity index (χ3v) is 7.26. The molecule has 2 atom stereocenters. The molecule has 2 aliphatic heterocycles. The van der Waals surface area contributed by atoms with Gasteiger partial charge in [0, 0.05) is 19.6 Å². The molecule has 1 aromatic carbocycles. The van der Waals surface area contributed by atoms with E-state index in [1.54, 1.807) is 6.92 Å². The smallest absolute Gasteiger partial charge is 0.405 e. The molecule has 2 heterocycles. The molecule has 1 spiro atoms. The minimum Gasteiger partial charge on any atom is -0.466 e. The second kappa shape index (κ2) is 8.83. The number of nitrogens with two attached hydrogens (primary N) is 1. The third kappa shape index (κ3) is 4.52. The maximum atomic E-state index is 13.4. The van der Waals surface area contributed by atoms with Gasteiger partial charge >= 0.3 is 12.1 Å². The summed E-state index contributed by atoms with van der Waals surface area (Å²) >= 11 is 0. The molecule has 3 rings (SSSR count). The highest BCUT2D eigenvalue weighted by Gasteiger charge is 2.64. The highest BCUT2D eigenvalue weighted by molar-refractivity contribution is 7.88. The molecule has 10 nitrogen and oxygen atoms in total. The van der Waals surface area contributed by atoms with Gasteiger partial charge < -0.3 is 20.1 Å². The molecule has 0 radical (unpaired) electrons. The lowest BCUT2D eigenvalue weighted by atomic mass is 9.76. The monoisotopic (exact) mass is 453 g/mol.